The molecular weight excluding hydrogens is 512 g/mol. The third-order valence-electron chi connectivity index (χ3n) is 5.66. The lowest BCUT2D eigenvalue weighted by molar-refractivity contribution is -0.136. The number of carbonyl (C=O) groups is 3. The summed E-state index contributed by atoms with van der Waals surface area (Å²) in [6.45, 7) is 4.24. The van der Waals surface area contributed by atoms with Crippen LogP contribution in [0.25, 0.3) is 0 Å². The molecule has 2 N–H and O–H groups in total. The normalized spacial score (nSPS) is 13.6. The summed E-state index contributed by atoms with van der Waals surface area (Å²) in [7, 11) is 6.44. The van der Waals surface area contributed by atoms with Gasteiger partial charge in [0.15, 0.2) is 11.5 Å². The predicted octanol–water partition coefficient (Wildman–Crippen LogP) is 2.16. The molecule has 2 aromatic rings. The number of esters is 1. The summed E-state index contributed by atoms with van der Waals surface area (Å²) in [5.41, 5.74) is 1.03. The highest BCUT2D eigenvalue weighted by Crippen LogP contribution is 2.40. The third kappa shape index (κ3) is 10.2. The number of piperazine rings is 1. The van der Waals surface area contributed by atoms with Crippen LogP contribution in [-0.4, -0.2) is 99.1 Å². The van der Waals surface area contributed by atoms with E-state index in [-0.39, 0.29) is 12.5 Å². The van der Waals surface area contributed by atoms with Crippen LogP contribution in [0.2, 0.25) is 0 Å². The highest BCUT2D eigenvalue weighted by molar-refractivity contribution is 5.89. The Morgan fingerprint density at radius 2 is 1.26 bits per heavy atom. The minimum Gasteiger partial charge on any atom is -0.497 e. The number of carbonyl (C=O) groups excluding carboxylic acids is 1. The Bertz CT molecular complexity index is 1110. The molecule has 1 saturated heterocycles. The van der Waals surface area contributed by atoms with Crippen molar-refractivity contribution < 1.29 is 48.3 Å². The quantitative estimate of drug-likeness (QED) is 0.242. The van der Waals surface area contributed by atoms with Crippen molar-refractivity contribution in [3.8, 4) is 28.7 Å². The number of hydrogen-bond acceptors (Lipinski definition) is 10. The smallest absolute Gasteiger partial charge is 0.328 e. The summed E-state index contributed by atoms with van der Waals surface area (Å²) in [5.74, 6) is 0.394. The molecule has 1 heterocycles. The molecule has 12 heteroatoms. The van der Waals surface area contributed by atoms with Gasteiger partial charge in [0, 0.05) is 50.4 Å². The fourth-order valence-corrected chi connectivity index (χ4v) is 3.77. The monoisotopic (exact) mass is 546 g/mol. The molecule has 0 spiro atoms. The number of nitrogens with zero attached hydrogens (tertiary/aromatic N) is 2. The van der Waals surface area contributed by atoms with E-state index in [1.165, 1.54) is 0 Å². The van der Waals surface area contributed by atoms with Crippen LogP contribution in [0.3, 0.4) is 0 Å². The topological polar surface area (TPSA) is 144 Å². The van der Waals surface area contributed by atoms with E-state index in [0.29, 0.717) is 35.2 Å². The molecule has 12 nitrogen and oxygen atoms in total. The van der Waals surface area contributed by atoms with Crippen molar-refractivity contribution in [2.24, 2.45) is 0 Å². The fraction of sp³-hybridized carbons (Fsp3) is 0.370. The van der Waals surface area contributed by atoms with Crippen LogP contribution in [0, 0.1) is 0 Å². The predicted molar refractivity (Wildman–Crippen MR) is 141 cm³/mol. The maximum Gasteiger partial charge on any atom is 0.328 e. The van der Waals surface area contributed by atoms with Gasteiger partial charge in [-0.3, -0.25) is 14.6 Å². The minimum atomic E-state index is -1.26. The minimum absolute atomic E-state index is 0.263. The van der Waals surface area contributed by atoms with Crippen molar-refractivity contribution in [2.45, 2.75) is 6.54 Å². The lowest BCUT2D eigenvalue weighted by Crippen LogP contribution is -2.48. The summed E-state index contributed by atoms with van der Waals surface area (Å²) < 4.78 is 27.0. The summed E-state index contributed by atoms with van der Waals surface area (Å²) in [6.07, 6.45) is 1.12. The van der Waals surface area contributed by atoms with E-state index >= 15 is 0 Å². The Kier molecular flexibility index (Phi) is 12.6. The van der Waals surface area contributed by atoms with Gasteiger partial charge in [0.1, 0.15) is 11.5 Å². The van der Waals surface area contributed by atoms with Gasteiger partial charge in [-0.15, -0.1) is 0 Å². The molecule has 2 aromatic carbocycles. The first kappa shape index (κ1) is 30.9. The highest BCUT2D eigenvalue weighted by Gasteiger charge is 2.22. The van der Waals surface area contributed by atoms with Gasteiger partial charge in [-0.1, -0.05) is 6.07 Å². The third-order valence-corrected chi connectivity index (χ3v) is 5.66. The molecule has 0 unspecified atom stereocenters. The van der Waals surface area contributed by atoms with Crippen LogP contribution < -0.4 is 23.7 Å². The van der Waals surface area contributed by atoms with Crippen LogP contribution in [0.4, 0.5) is 0 Å². The van der Waals surface area contributed by atoms with Crippen LogP contribution in [0.15, 0.2) is 48.6 Å². The summed E-state index contributed by atoms with van der Waals surface area (Å²) >= 11 is 0. The average Bonchev–Trinajstić information content (AvgIpc) is 2.93. The average molecular weight is 547 g/mol. The van der Waals surface area contributed by atoms with Crippen LogP contribution in [-0.2, 0) is 20.9 Å². The number of benzene rings is 2. The summed E-state index contributed by atoms with van der Waals surface area (Å²) in [4.78, 5) is 35.8. The number of rotatable bonds is 11. The van der Waals surface area contributed by atoms with Gasteiger partial charge in [-0.05, 0) is 30.3 Å². The number of hydrogen-bond donors (Lipinski definition) is 2. The Balaban J connectivity index is 0.000000580. The lowest BCUT2D eigenvalue weighted by atomic mass is 10.1. The maximum absolute atomic E-state index is 12.3. The first-order valence-corrected chi connectivity index (χ1v) is 11.9. The van der Waals surface area contributed by atoms with E-state index in [1.54, 1.807) is 52.7 Å². The second-order valence-electron chi connectivity index (χ2n) is 8.21. The van der Waals surface area contributed by atoms with Gasteiger partial charge in [0.05, 0.1) is 35.0 Å². The number of methoxy groups -OCH3 is 4. The Hall–Kier alpha value is -4.29. The molecule has 0 atom stereocenters. The summed E-state index contributed by atoms with van der Waals surface area (Å²) in [5, 5.41) is 15.6. The van der Waals surface area contributed by atoms with Gasteiger partial charge >= 0.3 is 17.9 Å². The van der Waals surface area contributed by atoms with Crippen molar-refractivity contribution in [2.75, 3.05) is 61.2 Å². The molecule has 1 aliphatic heterocycles. The molecule has 0 amide bonds. The summed E-state index contributed by atoms with van der Waals surface area (Å²) in [6, 6.07) is 10.9. The van der Waals surface area contributed by atoms with Crippen LogP contribution >= 0.6 is 0 Å². The second-order valence-corrected chi connectivity index (χ2v) is 8.21. The number of carboxylic acid groups (broad SMARTS) is 2. The van der Waals surface area contributed by atoms with E-state index in [4.69, 9.17) is 33.9 Å². The zero-order valence-electron chi connectivity index (χ0n) is 22.4. The SMILES string of the molecule is COc1ccc(OC(=O)CN2CCN(Cc3ccc(OC)c(OC)c3OC)CC2)cc1.O=C(O)/C=C/C(=O)O. The van der Waals surface area contributed by atoms with Crippen molar-refractivity contribution in [3.63, 3.8) is 0 Å². The Labute approximate surface area is 226 Å². The first-order valence-electron chi connectivity index (χ1n) is 11.9. The van der Waals surface area contributed by atoms with Crippen LogP contribution in [0.1, 0.15) is 5.56 Å². The number of carboxylic acids is 2. The molecule has 39 heavy (non-hydrogen) atoms. The van der Waals surface area contributed by atoms with Crippen LogP contribution in [0.5, 0.6) is 28.7 Å². The van der Waals surface area contributed by atoms with Crippen molar-refractivity contribution in [1.82, 2.24) is 9.80 Å². The molecule has 0 aromatic heterocycles. The molecule has 1 aliphatic rings. The molecule has 0 saturated carbocycles. The highest BCUT2D eigenvalue weighted by atomic mass is 16.5. The Morgan fingerprint density at radius 1 is 0.718 bits per heavy atom. The largest absolute Gasteiger partial charge is 0.497 e. The Morgan fingerprint density at radius 3 is 1.74 bits per heavy atom. The van der Waals surface area contributed by atoms with Crippen molar-refractivity contribution >= 4 is 17.9 Å². The number of aliphatic carboxylic acids is 2. The molecule has 0 radical (unpaired) electrons. The van der Waals surface area contributed by atoms with Crippen molar-refractivity contribution in [3.05, 3.63) is 54.1 Å². The maximum atomic E-state index is 12.3. The van der Waals surface area contributed by atoms with Gasteiger partial charge in [-0.25, -0.2) is 9.59 Å². The fourth-order valence-electron chi connectivity index (χ4n) is 3.77. The van der Waals surface area contributed by atoms with Crippen molar-refractivity contribution in [1.29, 1.82) is 0 Å². The standard InChI is InChI=1S/C23H30N2O6.C4H4O4/c1-27-18-6-8-19(9-7-18)31-21(26)16-25-13-11-24(12-14-25)15-17-5-10-20(28-2)23(30-4)22(17)29-3;5-3(6)1-2-4(7)8/h5-10H,11-16H2,1-4H3;1-2H,(H,5,6)(H,7,8)/b;2-1+. The lowest BCUT2D eigenvalue weighted by Gasteiger charge is -2.34. The second kappa shape index (κ2) is 15.8. The zero-order valence-corrected chi connectivity index (χ0v) is 22.4. The van der Waals surface area contributed by atoms with Gasteiger partial charge < -0.3 is 33.9 Å². The van der Waals surface area contributed by atoms with E-state index in [1.807, 2.05) is 12.1 Å². The first-order chi connectivity index (χ1) is 18.7. The molecule has 1 fully saturated rings. The molecule has 3 rings (SSSR count). The van der Waals surface area contributed by atoms with Gasteiger partial charge in [0.2, 0.25) is 5.75 Å². The van der Waals surface area contributed by atoms with E-state index in [0.717, 1.165) is 44.0 Å². The molecule has 0 bridgehead atoms. The molecule has 0 aliphatic carbocycles. The zero-order chi connectivity index (χ0) is 28.8. The number of ether oxygens (including phenoxy) is 5. The van der Waals surface area contributed by atoms with E-state index < -0.39 is 11.9 Å². The van der Waals surface area contributed by atoms with E-state index in [9.17, 15) is 14.4 Å². The van der Waals surface area contributed by atoms with E-state index in [2.05, 4.69) is 9.80 Å². The molecular formula is C27H34N2O10. The van der Waals surface area contributed by atoms with Gasteiger partial charge in [-0.2, -0.15) is 0 Å². The van der Waals surface area contributed by atoms with Gasteiger partial charge in [0.25, 0.3) is 0 Å². The molecule has 212 valence electrons.